The lowest BCUT2D eigenvalue weighted by atomic mass is 9.89. The predicted molar refractivity (Wildman–Crippen MR) is 80.0 cm³/mol. The molecule has 1 aliphatic heterocycles. The summed E-state index contributed by atoms with van der Waals surface area (Å²) < 4.78 is 0. The van der Waals surface area contributed by atoms with E-state index in [0.29, 0.717) is 19.6 Å². The van der Waals surface area contributed by atoms with Crippen molar-refractivity contribution in [3.05, 3.63) is 35.4 Å². The molecule has 114 valence electrons. The van der Waals surface area contributed by atoms with Crippen molar-refractivity contribution in [3.63, 3.8) is 0 Å². The van der Waals surface area contributed by atoms with Crippen LogP contribution in [0.4, 0.5) is 0 Å². The van der Waals surface area contributed by atoms with E-state index in [0.717, 1.165) is 17.5 Å². The van der Waals surface area contributed by atoms with Gasteiger partial charge in [-0.1, -0.05) is 31.2 Å². The second kappa shape index (κ2) is 6.72. The molecule has 0 aliphatic carbocycles. The van der Waals surface area contributed by atoms with Crippen molar-refractivity contribution in [2.24, 2.45) is 0 Å². The number of hydrogen-bond donors (Lipinski definition) is 2. The van der Waals surface area contributed by atoms with Gasteiger partial charge in [0.25, 0.3) is 0 Å². The molecular weight excluding hydrogens is 268 g/mol. The minimum atomic E-state index is -0.840. The summed E-state index contributed by atoms with van der Waals surface area (Å²) in [7, 11) is 0. The van der Waals surface area contributed by atoms with Gasteiger partial charge in [0, 0.05) is 19.6 Å². The van der Waals surface area contributed by atoms with Crippen LogP contribution < -0.4 is 5.32 Å². The van der Waals surface area contributed by atoms with Gasteiger partial charge in [-0.2, -0.15) is 0 Å². The van der Waals surface area contributed by atoms with Crippen molar-refractivity contribution < 1.29 is 14.7 Å². The summed E-state index contributed by atoms with van der Waals surface area (Å²) in [6.45, 7) is 5.46. The molecule has 21 heavy (non-hydrogen) atoms. The van der Waals surface area contributed by atoms with Crippen LogP contribution in [0, 0.1) is 0 Å². The van der Waals surface area contributed by atoms with Crippen molar-refractivity contribution in [1.82, 2.24) is 10.2 Å². The fourth-order valence-electron chi connectivity index (χ4n) is 2.70. The standard InChI is InChI=1S/C16H22N2O3/c1-3-8-17-15(19)11(2)18-9-12-6-4-5-7-13(12)14(10-18)16(20)21/h4-7,11,14H,3,8-10H2,1-2H3,(H,17,19)(H,20,21). The Hall–Kier alpha value is -1.88. The van der Waals surface area contributed by atoms with E-state index in [1.54, 1.807) is 0 Å². The molecule has 1 heterocycles. The molecule has 0 spiro atoms. The maximum absolute atomic E-state index is 12.1. The van der Waals surface area contributed by atoms with Crippen LogP contribution in [0.2, 0.25) is 0 Å². The smallest absolute Gasteiger partial charge is 0.312 e. The van der Waals surface area contributed by atoms with Gasteiger partial charge < -0.3 is 10.4 Å². The summed E-state index contributed by atoms with van der Waals surface area (Å²) in [5, 5.41) is 12.3. The van der Waals surface area contributed by atoms with Crippen LogP contribution in [0.25, 0.3) is 0 Å². The minimum absolute atomic E-state index is 0.0413. The van der Waals surface area contributed by atoms with Crippen molar-refractivity contribution in [2.45, 2.75) is 38.8 Å². The molecule has 0 aromatic heterocycles. The van der Waals surface area contributed by atoms with E-state index in [-0.39, 0.29) is 11.9 Å². The van der Waals surface area contributed by atoms with Gasteiger partial charge in [0.1, 0.15) is 0 Å². The molecule has 0 bridgehead atoms. The Morgan fingerprint density at radius 3 is 2.81 bits per heavy atom. The number of carbonyl (C=O) groups is 2. The van der Waals surface area contributed by atoms with Gasteiger partial charge in [0.2, 0.25) is 5.91 Å². The Balaban J connectivity index is 2.17. The Kier molecular flexibility index (Phi) is 4.96. The lowest BCUT2D eigenvalue weighted by Crippen LogP contribution is -2.49. The van der Waals surface area contributed by atoms with E-state index in [9.17, 15) is 14.7 Å². The van der Waals surface area contributed by atoms with Crippen LogP contribution in [0.5, 0.6) is 0 Å². The second-order valence-corrected chi connectivity index (χ2v) is 5.49. The molecule has 1 aromatic carbocycles. The fraction of sp³-hybridized carbons (Fsp3) is 0.500. The second-order valence-electron chi connectivity index (χ2n) is 5.49. The zero-order valence-electron chi connectivity index (χ0n) is 12.5. The number of carboxylic acids is 1. The van der Waals surface area contributed by atoms with Crippen LogP contribution >= 0.6 is 0 Å². The lowest BCUT2D eigenvalue weighted by Gasteiger charge is -2.36. The largest absolute Gasteiger partial charge is 0.481 e. The number of carbonyl (C=O) groups excluding carboxylic acids is 1. The summed E-state index contributed by atoms with van der Waals surface area (Å²) in [5.74, 6) is -1.45. The highest BCUT2D eigenvalue weighted by Crippen LogP contribution is 2.29. The first kappa shape index (κ1) is 15.5. The number of nitrogens with one attached hydrogen (secondary N) is 1. The van der Waals surface area contributed by atoms with Gasteiger partial charge in [-0.15, -0.1) is 0 Å². The maximum Gasteiger partial charge on any atom is 0.312 e. The number of nitrogens with zero attached hydrogens (tertiary/aromatic N) is 1. The van der Waals surface area contributed by atoms with E-state index in [4.69, 9.17) is 0 Å². The Morgan fingerprint density at radius 2 is 2.14 bits per heavy atom. The number of benzene rings is 1. The van der Waals surface area contributed by atoms with Crippen molar-refractivity contribution in [3.8, 4) is 0 Å². The van der Waals surface area contributed by atoms with E-state index in [1.807, 2.05) is 43.0 Å². The van der Waals surface area contributed by atoms with Crippen molar-refractivity contribution in [1.29, 1.82) is 0 Å². The van der Waals surface area contributed by atoms with E-state index >= 15 is 0 Å². The zero-order valence-corrected chi connectivity index (χ0v) is 12.5. The first-order chi connectivity index (χ1) is 10.0. The molecule has 0 saturated carbocycles. The molecule has 2 unspecified atom stereocenters. The SMILES string of the molecule is CCCNC(=O)C(C)N1Cc2ccccc2C(C(=O)O)C1. The van der Waals surface area contributed by atoms with Crippen LogP contribution in [0.1, 0.15) is 37.3 Å². The van der Waals surface area contributed by atoms with Crippen molar-refractivity contribution >= 4 is 11.9 Å². The van der Waals surface area contributed by atoms with Gasteiger partial charge >= 0.3 is 5.97 Å². The number of carboxylic acid groups (broad SMARTS) is 1. The molecule has 2 N–H and O–H groups in total. The summed E-state index contributed by atoms with van der Waals surface area (Å²) in [6, 6.07) is 7.25. The molecule has 1 aromatic rings. The molecule has 5 nitrogen and oxygen atoms in total. The summed E-state index contributed by atoms with van der Waals surface area (Å²) >= 11 is 0. The molecular formula is C16H22N2O3. The van der Waals surface area contributed by atoms with E-state index in [2.05, 4.69) is 5.32 Å². The van der Waals surface area contributed by atoms with Crippen LogP contribution in [0.15, 0.2) is 24.3 Å². The normalized spacial score (nSPS) is 19.6. The third-order valence-corrected chi connectivity index (χ3v) is 4.00. The quantitative estimate of drug-likeness (QED) is 0.864. The summed E-state index contributed by atoms with van der Waals surface area (Å²) in [5.41, 5.74) is 1.86. The van der Waals surface area contributed by atoms with Gasteiger partial charge in [-0.05, 0) is 24.5 Å². The highest BCUT2D eigenvalue weighted by Gasteiger charge is 2.33. The molecule has 5 heteroatoms. The van der Waals surface area contributed by atoms with Gasteiger partial charge in [0.15, 0.2) is 0 Å². The van der Waals surface area contributed by atoms with Crippen molar-refractivity contribution in [2.75, 3.05) is 13.1 Å². The maximum atomic E-state index is 12.1. The number of rotatable bonds is 5. The first-order valence-corrected chi connectivity index (χ1v) is 7.37. The van der Waals surface area contributed by atoms with Crippen LogP contribution in [0.3, 0.4) is 0 Å². The molecule has 0 radical (unpaired) electrons. The number of fused-ring (bicyclic) bond motifs is 1. The predicted octanol–water partition coefficient (Wildman–Crippen LogP) is 1.59. The highest BCUT2D eigenvalue weighted by atomic mass is 16.4. The number of amides is 1. The number of aliphatic carboxylic acids is 1. The summed E-state index contributed by atoms with van der Waals surface area (Å²) in [6.07, 6.45) is 0.888. The molecule has 2 atom stereocenters. The molecule has 0 saturated heterocycles. The Labute approximate surface area is 125 Å². The first-order valence-electron chi connectivity index (χ1n) is 7.37. The number of hydrogen-bond acceptors (Lipinski definition) is 3. The average Bonchev–Trinajstić information content (AvgIpc) is 2.50. The monoisotopic (exact) mass is 290 g/mol. The van der Waals surface area contributed by atoms with Gasteiger partial charge in [-0.3, -0.25) is 14.5 Å². The fourth-order valence-corrected chi connectivity index (χ4v) is 2.70. The highest BCUT2D eigenvalue weighted by molar-refractivity contribution is 5.82. The Bertz CT molecular complexity index is 530. The topological polar surface area (TPSA) is 69.6 Å². The third kappa shape index (κ3) is 3.42. The summed E-state index contributed by atoms with van der Waals surface area (Å²) in [4.78, 5) is 25.5. The van der Waals surface area contributed by atoms with Gasteiger partial charge in [-0.25, -0.2) is 0 Å². The van der Waals surface area contributed by atoms with Crippen LogP contribution in [-0.4, -0.2) is 41.0 Å². The zero-order chi connectivity index (χ0) is 15.4. The molecule has 0 fully saturated rings. The molecule has 1 amide bonds. The van der Waals surface area contributed by atoms with Crippen LogP contribution in [-0.2, 0) is 16.1 Å². The van der Waals surface area contributed by atoms with E-state index < -0.39 is 11.9 Å². The minimum Gasteiger partial charge on any atom is -0.481 e. The van der Waals surface area contributed by atoms with Gasteiger partial charge in [0.05, 0.1) is 12.0 Å². The van der Waals surface area contributed by atoms with E-state index in [1.165, 1.54) is 0 Å². The lowest BCUT2D eigenvalue weighted by molar-refractivity contribution is -0.140. The third-order valence-electron chi connectivity index (χ3n) is 4.00. The Morgan fingerprint density at radius 1 is 1.43 bits per heavy atom. The average molecular weight is 290 g/mol. The molecule has 1 aliphatic rings. The molecule has 2 rings (SSSR count).